The Labute approximate surface area is 103 Å². The summed E-state index contributed by atoms with van der Waals surface area (Å²) < 4.78 is 0. The van der Waals surface area contributed by atoms with E-state index in [-0.39, 0.29) is 12.5 Å². The van der Waals surface area contributed by atoms with Gasteiger partial charge in [-0.15, -0.1) is 0 Å². The molecule has 1 aliphatic carbocycles. The predicted molar refractivity (Wildman–Crippen MR) is 66.6 cm³/mol. The first-order valence-corrected chi connectivity index (χ1v) is 6.67. The number of carboxylic acids is 1. The van der Waals surface area contributed by atoms with Crippen molar-refractivity contribution in [2.45, 2.75) is 64.0 Å². The molecule has 1 rings (SSSR count). The fourth-order valence-corrected chi connectivity index (χ4v) is 2.60. The molecule has 17 heavy (non-hydrogen) atoms. The molecule has 0 unspecified atom stereocenters. The smallest absolute Gasteiger partial charge is 0.306 e. The Bertz CT molecular complexity index is 239. The number of carbonyl (C=O) groups is 1. The molecule has 0 spiro atoms. The molecule has 0 amide bonds. The molecule has 1 saturated carbocycles. The molecule has 0 radical (unpaired) electrons. The minimum Gasteiger partial charge on any atom is -0.481 e. The average Bonchev–Trinajstić information content (AvgIpc) is 2.29. The Morgan fingerprint density at radius 1 is 1.35 bits per heavy atom. The third-order valence-corrected chi connectivity index (χ3v) is 3.84. The molecule has 0 aliphatic heterocycles. The van der Waals surface area contributed by atoms with E-state index in [1.54, 1.807) is 6.92 Å². The summed E-state index contributed by atoms with van der Waals surface area (Å²) in [4.78, 5) is 10.7. The minimum atomic E-state index is -0.867. The van der Waals surface area contributed by atoms with E-state index in [4.69, 9.17) is 10.8 Å². The molecule has 0 saturated heterocycles. The van der Waals surface area contributed by atoms with Gasteiger partial charge in [-0.2, -0.15) is 0 Å². The van der Waals surface area contributed by atoms with Crippen molar-refractivity contribution >= 4 is 5.97 Å². The van der Waals surface area contributed by atoms with Gasteiger partial charge < -0.3 is 15.9 Å². The first-order chi connectivity index (χ1) is 8.00. The van der Waals surface area contributed by atoms with Crippen LogP contribution in [0.2, 0.25) is 0 Å². The van der Waals surface area contributed by atoms with Gasteiger partial charge in [-0.1, -0.05) is 39.0 Å². The van der Waals surface area contributed by atoms with Gasteiger partial charge in [-0.3, -0.25) is 4.79 Å². The van der Waals surface area contributed by atoms with Crippen LogP contribution in [0.15, 0.2) is 0 Å². The van der Waals surface area contributed by atoms with Crippen molar-refractivity contribution in [1.82, 2.24) is 0 Å². The molecule has 4 N–H and O–H groups in total. The SMILES string of the molecule is C[C@H](C[C@H](O)[C@@H](N)CC1CCCCC1)C(=O)O. The number of carboxylic acid groups (broad SMARTS) is 1. The Balaban J connectivity index is 2.30. The average molecular weight is 243 g/mol. The van der Waals surface area contributed by atoms with Crippen molar-refractivity contribution in [3.63, 3.8) is 0 Å². The van der Waals surface area contributed by atoms with Crippen molar-refractivity contribution in [2.24, 2.45) is 17.6 Å². The van der Waals surface area contributed by atoms with E-state index in [0.29, 0.717) is 5.92 Å². The number of aliphatic hydroxyl groups is 1. The standard InChI is InChI=1S/C13H25NO3/c1-9(13(16)17)7-12(15)11(14)8-10-5-3-2-4-6-10/h9-12,15H,2-8,14H2,1H3,(H,16,17)/t9-,11+,12+/m1/s1. The van der Waals surface area contributed by atoms with Crippen molar-refractivity contribution < 1.29 is 15.0 Å². The molecule has 3 atom stereocenters. The van der Waals surface area contributed by atoms with E-state index in [1.165, 1.54) is 32.1 Å². The van der Waals surface area contributed by atoms with E-state index >= 15 is 0 Å². The zero-order valence-corrected chi connectivity index (χ0v) is 10.6. The minimum absolute atomic E-state index is 0.253. The van der Waals surface area contributed by atoms with Gasteiger partial charge >= 0.3 is 5.97 Å². The Morgan fingerprint density at radius 3 is 2.47 bits per heavy atom. The van der Waals surface area contributed by atoms with Crippen LogP contribution in [-0.4, -0.2) is 28.3 Å². The number of rotatable bonds is 6. The van der Waals surface area contributed by atoms with Gasteiger partial charge in [0.15, 0.2) is 0 Å². The highest BCUT2D eigenvalue weighted by molar-refractivity contribution is 5.69. The van der Waals surface area contributed by atoms with Crippen LogP contribution in [0.3, 0.4) is 0 Å². The number of aliphatic carboxylic acids is 1. The normalized spacial score (nSPS) is 23.0. The molecule has 100 valence electrons. The summed E-state index contributed by atoms with van der Waals surface area (Å²) in [6.07, 6.45) is 6.63. The number of nitrogens with two attached hydrogens (primary N) is 1. The lowest BCUT2D eigenvalue weighted by molar-refractivity contribution is -0.142. The van der Waals surface area contributed by atoms with Gasteiger partial charge in [0.05, 0.1) is 12.0 Å². The fraction of sp³-hybridized carbons (Fsp3) is 0.923. The molecule has 1 aliphatic rings. The molecule has 0 bridgehead atoms. The van der Waals surface area contributed by atoms with Gasteiger partial charge in [-0.25, -0.2) is 0 Å². The summed E-state index contributed by atoms with van der Waals surface area (Å²) in [5.41, 5.74) is 5.95. The summed E-state index contributed by atoms with van der Waals surface area (Å²) in [7, 11) is 0. The second-order valence-electron chi connectivity index (χ2n) is 5.45. The molecular weight excluding hydrogens is 218 g/mol. The first kappa shape index (κ1) is 14.5. The third-order valence-electron chi connectivity index (χ3n) is 3.84. The van der Waals surface area contributed by atoms with Crippen LogP contribution >= 0.6 is 0 Å². The van der Waals surface area contributed by atoms with Crippen LogP contribution in [-0.2, 0) is 4.79 Å². The van der Waals surface area contributed by atoms with Crippen molar-refractivity contribution in [3.05, 3.63) is 0 Å². The number of aliphatic hydroxyl groups excluding tert-OH is 1. The second kappa shape index (κ2) is 6.97. The van der Waals surface area contributed by atoms with Crippen molar-refractivity contribution in [1.29, 1.82) is 0 Å². The first-order valence-electron chi connectivity index (χ1n) is 6.67. The highest BCUT2D eigenvalue weighted by atomic mass is 16.4. The fourth-order valence-electron chi connectivity index (χ4n) is 2.60. The molecule has 0 aromatic carbocycles. The van der Waals surface area contributed by atoms with Gasteiger partial charge in [0.2, 0.25) is 0 Å². The number of hydrogen-bond acceptors (Lipinski definition) is 3. The van der Waals surface area contributed by atoms with Gasteiger partial charge in [0, 0.05) is 6.04 Å². The highest BCUT2D eigenvalue weighted by Gasteiger charge is 2.24. The summed E-state index contributed by atoms with van der Waals surface area (Å²) in [5, 5.41) is 18.7. The second-order valence-corrected chi connectivity index (χ2v) is 5.45. The summed E-state index contributed by atoms with van der Waals surface area (Å²) >= 11 is 0. The zero-order chi connectivity index (χ0) is 12.8. The molecule has 0 aromatic rings. The lowest BCUT2D eigenvalue weighted by atomic mass is 9.83. The monoisotopic (exact) mass is 243 g/mol. The molecule has 4 heteroatoms. The largest absolute Gasteiger partial charge is 0.481 e. The van der Waals surface area contributed by atoms with E-state index < -0.39 is 18.0 Å². The number of hydrogen-bond donors (Lipinski definition) is 3. The highest BCUT2D eigenvalue weighted by Crippen LogP contribution is 2.28. The van der Waals surface area contributed by atoms with E-state index in [0.717, 1.165) is 6.42 Å². The van der Waals surface area contributed by atoms with Crippen LogP contribution in [0.5, 0.6) is 0 Å². The summed E-state index contributed by atoms with van der Waals surface area (Å²) in [6.45, 7) is 1.61. The van der Waals surface area contributed by atoms with Crippen LogP contribution in [0.4, 0.5) is 0 Å². The van der Waals surface area contributed by atoms with Crippen LogP contribution < -0.4 is 5.73 Å². The Kier molecular flexibility index (Phi) is 5.92. The molecular formula is C13H25NO3. The van der Waals surface area contributed by atoms with Crippen molar-refractivity contribution in [2.75, 3.05) is 0 Å². The van der Waals surface area contributed by atoms with E-state index in [1.807, 2.05) is 0 Å². The molecule has 4 nitrogen and oxygen atoms in total. The predicted octanol–water partition coefficient (Wildman–Crippen LogP) is 1.76. The third kappa shape index (κ3) is 5.04. The van der Waals surface area contributed by atoms with Gasteiger partial charge in [0.25, 0.3) is 0 Å². The van der Waals surface area contributed by atoms with Crippen molar-refractivity contribution in [3.8, 4) is 0 Å². The maximum absolute atomic E-state index is 10.7. The Morgan fingerprint density at radius 2 is 1.94 bits per heavy atom. The van der Waals surface area contributed by atoms with Gasteiger partial charge in [-0.05, 0) is 18.8 Å². The summed E-state index contributed by atoms with van der Waals surface area (Å²) in [5.74, 6) is -0.773. The topological polar surface area (TPSA) is 83.5 Å². The zero-order valence-electron chi connectivity index (χ0n) is 10.6. The Hall–Kier alpha value is -0.610. The molecule has 0 heterocycles. The molecule has 1 fully saturated rings. The van der Waals surface area contributed by atoms with Gasteiger partial charge in [0.1, 0.15) is 0 Å². The van der Waals surface area contributed by atoms with Crippen LogP contribution in [0, 0.1) is 11.8 Å². The quantitative estimate of drug-likeness (QED) is 0.663. The van der Waals surface area contributed by atoms with Crippen LogP contribution in [0.25, 0.3) is 0 Å². The van der Waals surface area contributed by atoms with E-state index in [9.17, 15) is 9.90 Å². The maximum atomic E-state index is 10.7. The molecule has 0 aromatic heterocycles. The summed E-state index contributed by atoms with van der Waals surface area (Å²) in [6, 6.07) is -0.278. The maximum Gasteiger partial charge on any atom is 0.306 e. The van der Waals surface area contributed by atoms with E-state index in [2.05, 4.69) is 0 Å². The lowest BCUT2D eigenvalue weighted by Crippen LogP contribution is -2.38. The van der Waals surface area contributed by atoms with Crippen LogP contribution in [0.1, 0.15) is 51.9 Å². The lowest BCUT2D eigenvalue weighted by Gasteiger charge is -2.27.